The second-order valence-corrected chi connectivity index (χ2v) is 5.39. The normalized spacial score (nSPS) is 23.1. The molecule has 0 aromatic carbocycles. The van der Waals surface area contributed by atoms with Crippen molar-refractivity contribution in [3.8, 4) is 0 Å². The average Bonchev–Trinajstić information content (AvgIpc) is 2.27. The third kappa shape index (κ3) is 5.63. The quantitative estimate of drug-likeness (QED) is 0.467. The van der Waals surface area contributed by atoms with Crippen molar-refractivity contribution in [2.75, 3.05) is 6.61 Å². The minimum Gasteiger partial charge on any atom is -0.444 e. The zero-order valence-corrected chi connectivity index (χ0v) is 11.4. The predicted molar refractivity (Wildman–Crippen MR) is 66.8 cm³/mol. The van der Waals surface area contributed by atoms with E-state index in [0.29, 0.717) is 12.8 Å². The van der Waals surface area contributed by atoms with Crippen molar-refractivity contribution in [3.05, 3.63) is 5.53 Å². The van der Waals surface area contributed by atoms with Crippen LogP contribution in [0.3, 0.4) is 0 Å². The van der Waals surface area contributed by atoms with Crippen molar-refractivity contribution in [2.24, 2.45) is 0 Å². The lowest BCUT2D eigenvalue weighted by atomic mass is 10.0. The zero-order valence-electron chi connectivity index (χ0n) is 11.4. The van der Waals surface area contributed by atoms with Gasteiger partial charge in [0.1, 0.15) is 11.7 Å². The highest BCUT2D eigenvalue weighted by Crippen LogP contribution is 2.15. The SMILES string of the molecule is CC(C)(C)OC(=O)N[C@@H]1CC[C@@H](C(=O)C=[N+]=[N-])OC1. The van der Waals surface area contributed by atoms with E-state index in [0.717, 1.165) is 6.21 Å². The number of alkyl carbamates (subject to hydrolysis) is 1. The Hall–Kier alpha value is -1.72. The molecule has 0 aromatic rings. The fraction of sp³-hybridized carbons (Fsp3) is 0.750. The number of amides is 1. The Balaban J connectivity index is 2.36. The maximum absolute atomic E-state index is 11.5. The first-order valence-corrected chi connectivity index (χ1v) is 6.14. The summed E-state index contributed by atoms with van der Waals surface area (Å²) in [6, 6.07) is -0.176. The van der Waals surface area contributed by atoms with Crippen LogP contribution in [0.15, 0.2) is 0 Å². The van der Waals surface area contributed by atoms with E-state index < -0.39 is 17.8 Å². The summed E-state index contributed by atoms with van der Waals surface area (Å²) in [5.74, 6) is -0.377. The molecule has 1 rings (SSSR count). The second-order valence-electron chi connectivity index (χ2n) is 5.39. The van der Waals surface area contributed by atoms with E-state index in [4.69, 9.17) is 15.0 Å². The van der Waals surface area contributed by atoms with E-state index in [-0.39, 0.29) is 18.4 Å². The standard InChI is InChI=1S/C12H19N3O4/c1-12(2,3)19-11(17)15-8-4-5-10(18-7-8)9(16)6-14-13/h6,8,10H,4-5,7H2,1-3H3,(H,15,17)/t8-,10+/m1/s1. The maximum atomic E-state index is 11.5. The first-order chi connectivity index (χ1) is 8.81. The second kappa shape index (κ2) is 6.45. The van der Waals surface area contributed by atoms with Gasteiger partial charge in [-0.1, -0.05) is 0 Å². The Morgan fingerprint density at radius 3 is 2.58 bits per heavy atom. The average molecular weight is 269 g/mol. The Morgan fingerprint density at radius 1 is 1.42 bits per heavy atom. The van der Waals surface area contributed by atoms with Gasteiger partial charge in [0.05, 0.1) is 12.6 Å². The Morgan fingerprint density at radius 2 is 2.11 bits per heavy atom. The minimum atomic E-state index is -0.604. The number of carbonyl (C=O) groups is 2. The van der Waals surface area contributed by atoms with Gasteiger partial charge < -0.3 is 20.3 Å². The Bertz CT molecular complexity index is 388. The number of rotatable bonds is 3. The van der Waals surface area contributed by atoms with Crippen molar-refractivity contribution in [3.63, 3.8) is 0 Å². The minimum absolute atomic E-state index is 0.176. The van der Waals surface area contributed by atoms with Gasteiger partial charge in [-0.3, -0.25) is 4.79 Å². The number of nitrogens with one attached hydrogen (secondary N) is 1. The van der Waals surface area contributed by atoms with Crippen molar-refractivity contribution >= 4 is 18.1 Å². The zero-order chi connectivity index (χ0) is 14.5. The van der Waals surface area contributed by atoms with E-state index in [9.17, 15) is 9.59 Å². The first-order valence-electron chi connectivity index (χ1n) is 6.14. The Kier molecular flexibility index (Phi) is 5.20. The molecule has 0 bridgehead atoms. The van der Waals surface area contributed by atoms with Gasteiger partial charge in [0, 0.05) is 0 Å². The highest BCUT2D eigenvalue weighted by atomic mass is 16.6. The molecule has 7 nitrogen and oxygen atoms in total. The maximum Gasteiger partial charge on any atom is 0.407 e. The number of ketones is 1. The van der Waals surface area contributed by atoms with Gasteiger partial charge in [0.2, 0.25) is 0 Å². The number of carbonyl (C=O) groups excluding carboxylic acids is 2. The van der Waals surface area contributed by atoms with Crippen LogP contribution in [0.25, 0.3) is 5.53 Å². The number of hydrogen-bond acceptors (Lipinski definition) is 4. The summed E-state index contributed by atoms with van der Waals surface area (Å²) in [4.78, 5) is 25.6. The fourth-order valence-electron chi connectivity index (χ4n) is 1.70. The summed E-state index contributed by atoms with van der Waals surface area (Å²) >= 11 is 0. The van der Waals surface area contributed by atoms with Crippen molar-refractivity contribution in [1.29, 1.82) is 0 Å². The van der Waals surface area contributed by atoms with Crippen molar-refractivity contribution < 1.29 is 23.9 Å². The molecule has 1 fully saturated rings. The molecule has 1 heterocycles. The third-order valence-electron chi connectivity index (χ3n) is 2.50. The summed E-state index contributed by atoms with van der Waals surface area (Å²) in [5, 5.41) is 2.69. The van der Waals surface area contributed by atoms with Crippen LogP contribution in [0.5, 0.6) is 0 Å². The van der Waals surface area contributed by atoms with Gasteiger partial charge in [-0.05, 0) is 33.6 Å². The lowest BCUT2D eigenvalue weighted by Gasteiger charge is -2.28. The molecule has 7 heteroatoms. The number of nitrogens with zero attached hydrogens (tertiary/aromatic N) is 2. The lowest BCUT2D eigenvalue weighted by Crippen LogP contribution is -2.46. The molecule has 0 radical (unpaired) electrons. The van der Waals surface area contributed by atoms with Crippen LogP contribution in [0.2, 0.25) is 0 Å². The highest BCUT2D eigenvalue weighted by molar-refractivity contribution is 6.27. The van der Waals surface area contributed by atoms with Gasteiger partial charge >= 0.3 is 12.3 Å². The molecule has 2 atom stereocenters. The fourth-order valence-corrected chi connectivity index (χ4v) is 1.70. The summed E-state index contributed by atoms with van der Waals surface area (Å²) in [7, 11) is 0. The molecule has 106 valence electrons. The number of ether oxygens (including phenoxy) is 2. The van der Waals surface area contributed by atoms with Crippen LogP contribution in [-0.2, 0) is 14.3 Å². The highest BCUT2D eigenvalue weighted by Gasteiger charge is 2.29. The largest absolute Gasteiger partial charge is 0.444 e. The van der Waals surface area contributed by atoms with Crippen LogP contribution < -0.4 is 5.32 Å². The van der Waals surface area contributed by atoms with Gasteiger partial charge in [0.15, 0.2) is 0 Å². The number of Topliss-reactive ketones (excluding diaryl/α,β-unsaturated/α-hetero) is 1. The van der Waals surface area contributed by atoms with Crippen molar-refractivity contribution in [1.82, 2.24) is 5.32 Å². The van der Waals surface area contributed by atoms with Crippen molar-refractivity contribution in [2.45, 2.75) is 51.4 Å². The van der Waals surface area contributed by atoms with Crippen LogP contribution in [0, 0.1) is 0 Å². The molecular formula is C12H19N3O4. The van der Waals surface area contributed by atoms with E-state index in [1.807, 2.05) is 0 Å². The molecule has 1 aliphatic heterocycles. The van der Waals surface area contributed by atoms with Gasteiger partial charge in [-0.15, -0.1) is 0 Å². The van der Waals surface area contributed by atoms with Crippen LogP contribution in [-0.4, -0.2) is 47.2 Å². The predicted octanol–water partition coefficient (Wildman–Crippen LogP) is 0.928. The monoisotopic (exact) mass is 269 g/mol. The molecule has 1 aliphatic rings. The van der Waals surface area contributed by atoms with Crippen LogP contribution in [0.1, 0.15) is 33.6 Å². The van der Waals surface area contributed by atoms with E-state index >= 15 is 0 Å². The lowest BCUT2D eigenvalue weighted by molar-refractivity contribution is -0.130. The molecule has 1 saturated heterocycles. The molecule has 1 amide bonds. The van der Waals surface area contributed by atoms with E-state index in [1.54, 1.807) is 20.8 Å². The molecule has 0 unspecified atom stereocenters. The molecule has 0 spiro atoms. The number of hydrogen-bond donors (Lipinski definition) is 1. The first kappa shape index (κ1) is 15.3. The topological polar surface area (TPSA) is 101 Å². The van der Waals surface area contributed by atoms with Gasteiger partial charge in [-0.2, -0.15) is 4.79 Å². The molecule has 0 aromatic heterocycles. The molecule has 0 aliphatic carbocycles. The Labute approximate surface area is 111 Å². The van der Waals surface area contributed by atoms with Gasteiger partial charge in [-0.25, -0.2) is 4.79 Å². The summed E-state index contributed by atoms with van der Waals surface area (Å²) in [6.45, 7) is 5.58. The van der Waals surface area contributed by atoms with Crippen LogP contribution in [0.4, 0.5) is 4.79 Å². The molecule has 19 heavy (non-hydrogen) atoms. The van der Waals surface area contributed by atoms with E-state index in [2.05, 4.69) is 10.1 Å². The van der Waals surface area contributed by atoms with E-state index in [1.165, 1.54) is 0 Å². The smallest absolute Gasteiger partial charge is 0.407 e. The van der Waals surface area contributed by atoms with Crippen LogP contribution >= 0.6 is 0 Å². The third-order valence-corrected chi connectivity index (χ3v) is 2.50. The summed E-state index contributed by atoms with van der Waals surface area (Å²) in [6.07, 6.45) is 0.794. The molecule has 1 N–H and O–H groups in total. The van der Waals surface area contributed by atoms with Gasteiger partial charge in [0.25, 0.3) is 5.78 Å². The molecular weight excluding hydrogens is 250 g/mol. The summed E-state index contributed by atoms with van der Waals surface area (Å²) in [5.41, 5.74) is 7.72. The summed E-state index contributed by atoms with van der Waals surface area (Å²) < 4.78 is 10.4. The molecule has 0 saturated carbocycles.